The van der Waals surface area contributed by atoms with Crippen LogP contribution in [0.4, 0.5) is 11.4 Å². The summed E-state index contributed by atoms with van der Waals surface area (Å²) in [4.78, 5) is 12.6. The molecule has 0 bridgehead atoms. The smallest absolute Gasteiger partial charge is 0.262 e. The van der Waals surface area contributed by atoms with Crippen LogP contribution in [0.2, 0.25) is 5.02 Å². The highest BCUT2D eigenvalue weighted by Gasteiger charge is 2.16. The second kappa shape index (κ2) is 11.8. The molecule has 0 fully saturated rings. The van der Waals surface area contributed by atoms with Crippen molar-refractivity contribution < 1.29 is 22.7 Å². The highest BCUT2D eigenvalue weighted by molar-refractivity contribution is 9.10. The minimum absolute atomic E-state index is 0.0382. The highest BCUT2D eigenvalue weighted by atomic mass is 79.9. The summed E-state index contributed by atoms with van der Waals surface area (Å²) in [5, 5.41) is 3.23. The van der Waals surface area contributed by atoms with E-state index in [1.807, 2.05) is 26.0 Å². The van der Waals surface area contributed by atoms with Gasteiger partial charge in [0.2, 0.25) is 0 Å². The van der Waals surface area contributed by atoms with Crippen molar-refractivity contribution in [3.8, 4) is 11.5 Å². The molecule has 0 spiro atoms. The minimum atomic E-state index is -3.85. The summed E-state index contributed by atoms with van der Waals surface area (Å²) in [6.07, 6.45) is 1.55. The van der Waals surface area contributed by atoms with E-state index in [1.54, 1.807) is 12.1 Å². The Labute approximate surface area is 219 Å². The molecule has 2 N–H and O–H groups in total. The number of hydrogen-bond acceptors (Lipinski definition) is 5. The zero-order chi connectivity index (χ0) is 25.6. The van der Waals surface area contributed by atoms with Crippen LogP contribution in [0.1, 0.15) is 25.0 Å². The number of rotatable bonds is 10. The molecule has 0 heterocycles. The number of carbonyl (C=O) groups excluding carboxylic acids is 1. The Bertz CT molecular complexity index is 1290. The van der Waals surface area contributed by atoms with Crippen LogP contribution in [0.3, 0.4) is 0 Å². The third-order valence-corrected chi connectivity index (χ3v) is 7.35. The number of methoxy groups -OCH3 is 1. The molecule has 10 heteroatoms. The third kappa shape index (κ3) is 6.90. The minimum Gasteiger partial charge on any atom is -0.495 e. The molecule has 0 aromatic heterocycles. The van der Waals surface area contributed by atoms with Crippen LogP contribution >= 0.6 is 27.5 Å². The number of nitrogens with one attached hydrogen (secondary N) is 2. The number of amides is 1. The largest absolute Gasteiger partial charge is 0.495 e. The molecule has 1 amide bonds. The summed E-state index contributed by atoms with van der Waals surface area (Å²) in [5.74, 6) is 0.512. The first-order valence-electron chi connectivity index (χ1n) is 10.9. The van der Waals surface area contributed by atoms with Gasteiger partial charge in [-0.05, 0) is 78.6 Å². The summed E-state index contributed by atoms with van der Waals surface area (Å²) in [5.41, 5.74) is 3.17. The van der Waals surface area contributed by atoms with Crippen molar-refractivity contribution in [1.82, 2.24) is 0 Å². The molecule has 7 nitrogen and oxygen atoms in total. The summed E-state index contributed by atoms with van der Waals surface area (Å²) in [6.45, 7) is 3.85. The number of sulfonamides is 1. The molecule has 0 saturated heterocycles. The van der Waals surface area contributed by atoms with Gasteiger partial charge in [0.1, 0.15) is 11.5 Å². The monoisotopic (exact) mass is 580 g/mol. The van der Waals surface area contributed by atoms with Crippen molar-refractivity contribution in [2.45, 2.75) is 31.6 Å². The maximum Gasteiger partial charge on any atom is 0.262 e. The standard InChI is InChI=1S/C25H26BrClN2O5S/c1-4-16-12-18(26)13-17(5-2)25(16)28-24(30)15-34-20-7-9-21(10-8-20)35(31,32)29-19-6-11-23(33-3)22(27)14-19/h6-14,29H,4-5,15H2,1-3H3,(H,28,30). The quantitative estimate of drug-likeness (QED) is 0.304. The van der Waals surface area contributed by atoms with E-state index in [1.165, 1.54) is 37.4 Å². The van der Waals surface area contributed by atoms with E-state index in [9.17, 15) is 13.2 Å². The predicted octanol–water partition coefficient (Wildman–Crippen LogP) is 6.05. The number of ether oxygens (including phenoxy) is 2. The summed E-state index contributed by atoms with van der Waals surface area (Å²) >= 11 is 9.57. The van der Waals surface area contributed by atoms with Gasteiger partial charge in [-0.1, -0.05) is 41.4 Å². The molecule has 0 aliphatic heterocycles. The fourth-order valence-electron chi connectivity index (χ4n) is 3.43. The van der Waals surface area contributed by atoms with E-state index < -0.39 is 10.0 Å². The number of halogens is 2. The van der Waals surface area contributed by atoms with Gasteiger partial charge in [0, 0.05) is 10.2 Å². The molecular weight excluding hydrogens is 556 g/mol. The van der Waals surface area contributed by atoms with E-state index in [-0.39, 0.29) is 22.4 Å². The van der Waals surface area contributed by atoms with Crippen LogP contribution in [0.15, 0.2) is 64.0 Å². The first-order chi connectivity index (χ1) is 16.7. The first-order valence-corrected chi connectivity index (χ1v) is 13.5. The number of aryl methyl sites for hydroxylation is 2. The molecule has 0 unspecified atom stereocenters. The van der Waals surface area contributed by atoms with E-state index in [4.69, 9.17) is 21.1 Å². The Morgan fingerprint density at radius 3 is 2.17 bits per heavy atom. The summed E-state index contributed by atoms with van der Waals surface area (Å²) in [7, 11) is -2.37. The molecule has 3 aromatic rings. The van der Waals surface area contributed by atoms with Crippen LogP contribution in [-0.2, 0) is 27.7 Å². The van der Waals surface area contributed by atoms with E-state index in [0.29, 0.717) is 17.2 Å². The van der Waals surface area contributed by atoms with Gasteiger partial charge in [-0.3, -0.25) is 9.52 Å². The molecule has 0 aliphatic carbocycles. The zero-order valence-corrected chi connectivity index (χ0v) is 22.7. The average Bonchev–Trinajstić information content (AvgIpc) is 2.83. The van der Waals surface area contributed by atoms with Gasteiger partial charge in [-0.15, -0.1) is 0 Å². The van der Waals surface area contributed by atoms with Crippen molar-refractivity contribution in [2.24, 2.45) is 0 Å². The second-order valence-corrected chi connectivity index (χ2v) is 10.6. The number of carbonyl (C=O) groups is 1. The van der Waals surface area contributed by atoms with Gasteiger partial charge >= 0.3 is 0 Å². The van der Waals surface area contributed by atoms with E-state index >= 15 is 0 Å². The van der Waals surface area contributed by atoms with Gasteiger partial charge in [0.05, 0.1) is 22.7 Å². The zero-order valence-electron chi connectivity index (χ0n) is 19.5. The molecule has 3 aromatic carbocycles. The Morgan fingerprint density at radius 1 is 1.00 bits per heavy atom. The van der Waals surface area contributed by atoms with Crippen molar-refractivity contribution in [2.75, 3.05) is 23.8 Å². The van der Waals surface area contributed by atoms with Crippen LogP contribution in [-0.4, -0.2) is 28.0 Å². The van der Waals surface area contributed by atoms with Gasteiger partial charge in [0.15, 0.2) is 6.61 Å². The molecule has 3 rings (SSSR count). The second-order valence-electron chi connectivity index (χ2n) is 7.57. The van der Waals surface area contributed by atoms with Crippen molar-refractivity contribution in [1.29, 1.82) is 0 Å². The summed E-state index contributed by atoms with van der Waals surface area (Å²) in [6, 6.07) is 14.4. The fraction of sp³-hybridized carbons (Fsp3) is 0.240. The Morgan fingerprint density at radius 2 is 1.63 bits per heavy atom. The molecular formula is C25H26BrClN2O5S. The van der Waals surface area contributed by atoms with Crippen molar-refractivity contribution in [3.05, 3.63) is 75.2 Å². The van der Waals surface area contributed by atoms with Gasteiger partial charge in [-0.25, -0.2) is 8.42 Å². The molecule has 0 radical (unpaired) electrons. The van der Waals surface area contributed by atoms with Crippen LogP contribution in [0.5, 0.6) is 11.5 Å². The molecule has 35 heavy (non-hydrogen) atoms. The Hall–Kier alpha value is -2.75. The van der Waals surface area contributed by atoms with E-state index in [2.05, 4.69) is 26.0 Å². The lowest BCUT2D eigenvalue weighted by Gasteiger charge is -2.16. The maximum absolute atomic E-state index is 12.7. The fourth-order valence-corrected chi connectivity index (χ4v) is 5.29. The number of anilines is 2. The van der Waals surface area contributed by atoms with Gasteiger partial charge < -0.3 is 14.8 Å². The SMILES string of the molecule is CCc1cc(Br)cc(CC)c1NC(=O)COc1ccc(S(=O)(=O)Nc2ccc(OC)c(Cl)c2)cc1. The van der Waals surface area contributed by atoms with Crippen LogP contribution in [0, 0.1) is 0 Å². The molecule has 186 valence electrons. The Kier molecular flexibility index (Phi) is 9.04. The van der Waals surface area contributed by atoms with E-state index in [0.717, 1.165) is 34.1 Å². The average molecular weight is 582 g/mol. The number of hydrogen-bond donors (Lipinski definition) is 2. The van der Waals surface area contributed by atoms with Gasteiger partial charge in [-0.2, -0.15) is 0 Å². The molecule has 0 saturated carbocycles. The van der Waals surface area contributed by atoms with Crippen LogP contribution in [0.25, 0.3) is 0 Å². The number of benzene rings is 3. The van der Waals surface area contributed by atoms with Crippen molar-refractivity contribution in [3.63, 3.8) is 0 Å². The Balaban J connectivity index is 1.64. The predicted molar refractivity (Wildman–Crippen MR) is 142 cm³/mol. The lowest BCUT2D eigenvalue weighted by Crippen LogP contribution is -2.22. The summed E-state index contributed by atoms with van der Waals surface area (Å²) < 4.78 is 39.5. The third-order valence-electron chi connectivity index (χ3n) is 5.20. The van der Waals surface area contributed by atoms with Crippen LogP contribution < -0.4 is 19.5 Å². The normalized spacial score (nSPS) is 11.1. The van der Waals surface area contributed by atoms with Gasteiger partial charge in [0.25, 0.3) is 15.9 Å². The lowest BCUT2D eigenvalue weighted by atomic mass is 10.0. The van der Waals surface area contributed by atoms with Crippen molar-refractivity contribution >= 4 is 54.8 Å². The topological polar surface area (TPSA) is 93.7 Å². The maximum atomic E-state index is 12.7. The first kappa shape index (κ1) is 26.8. The lowest BCUT2D eigenvalue weighted by molar-refractivity contribution is -0.118. The molecule has 0 atom stereocenters. The highest BCUT2D eigenvalue weighted by Crippen LogP contribution is 2.29. The molecule has 0 aliphatic rings.